The van der Waals surface area contributed by atoms with Crippen molar-refractivity contribution in [2.75, 3.05) is 38.3 Å². The van der Waals surface area contributed by atoms with Crippen LogP contribution in [0.1, 0.15) is 38.1 Å². The van der Waals surface area contributed by atoms with Crippen molar-refractivity contribution >= 4 is 54.9 Å². The van der Waals surface area contributed by atoms with E-state index < -0.39 is 93.8 Å². The summed E-state index contributed by atoms with van der Waals surface area (Å²) in [4.78, 5) is 62.2. The van der Waals surface area contributed by atoms with Crippen LogP contribution in [0, 0.1) is 0 Å². The highest BCUT2D eigenvalue weighted by molar-refractivity contribution is 8.06. The molecule has 5 heterocycles. The van der Waals surface area contributed by atoms with Gasteiger partial charge in [0.25, 0.3) is 11.1 Å². The number of fused-ring (bicyclic) bond motifs is 1. The first-order valence-corrected chi connectivity index (χ1v) is 20.3. The summed E-state index contributed by atoms with van der Waals surface area (Å²) in [5.41, 5.74) is 10.5. The molecule has 2 aliphatic heterocycles. The third-order valence-electron chi connectivity index (χ3n) is 8.46. The lowest BCUT2D eigenvalue weighted by Gasteiger charge is -2.29. The second-order valence-electron chi connectivity index (χ2n) is 12.2. The molecule has 5 rings (SSSR count). The van der Waals surface area contributed by atoms with E-state index in [0.717, 1.165) is 10.6 Å². The number of H-pyrrole nitrogens is 1. The first-order valence-electron chi connectivity index (χ1n) is 16.1. The Morgan fingerprint density at radius 1 is 1.02 bits per heavy atom. The van der Waals surface area contributed by atoms with E-state index in [9.17, 15) is 38.9 Å². The van der Waals surface area contributed by atoms with Gasteiger partial charge in [-0.25, -0.2) is 9.65 Å². The van der Waals surface area contributed by atoms with Gasteiger partial charge in [0.1, 0.15) is 36.6 Å². The van der Waals surface area contributed by atoms with Gasteiger partial charge in [-0.05, 0) is 36.8 Å². The van der Waals surface area contributed by atoms with Crippen LogP contribution in [0.3, 0.4) is 0 Å². The molecule has 2 fully saturated rings. The summed E-state index contributed by atoms with van der Waals surface area (Å²) in [5, 5.41) is 33.4. The van der Waals surface area contributed by atoms with Crippen molar-refractivity contribution in [1.82, 2.24) is 24.2 Å². The highest BCUT2D eigenvalue weighted by atomic mass is 32.5. The first kappa shape index (κ1) is 41.1. The quantitative estimate of drug-likeness (QED) is 0.0564. The maximum atomic E-state index is 14.5. The van der Waals surface area contributed by atoms with Crippen LogP contribution < -0.4 is 27.7 Å². The average Bonchev–Trinajstić information content (AvgIpc) is 3.73. The number of hydrogen-bond acceptors (Lipinski definition) is 16. The number of nitrogen functional groups attached to an aromatic ring is 2. The number of ether oxygens (including phenoxy) is 3. The second-order valence-corrected chi connectivity index (χ2v) is 16.6. The molecule has 0 spiro atoms. The van der Waals surface area contributed by atoms with Crippen molar-refractivity contribution in [2.24, 2.45) is 0 Å². The molecule has 0 aliphatic carbocycles. The van der Waals surface area contributed by atoms with Crippen LogP contribution in [0.4, 0.5) is 11.6 Å². The minimum atomic E-state index is -4.54. The van der Waals surface area contributed by atoms with Crippen LogP contribution in [0.5, 0.6) is 0 Å². The molecule has 0 aromatic carbocycles. The molecule has 9 atom stereocenters. The fourth-order valence-corrected chi connectivity index (χ4v) is 8.03. The van der Waals surface area contributed by atoms with Crippen molar-refractivity contribution in [3.63, 3.8) is 0 Å². The van der Waals surface area contributed by atoms with Crippen LogP contribution >= 0.6 is 14.5 Å². The lowest BCUT2D eigenvalue weighted by molar-refractivity contribution is -0.137. The van der Waals surface area contributed by atoms with Crippen LogP contribution in [-0.4, -0.2) is 114 Å². The standard InChI is InChI=1S/C28H41N7O15P2S/c1-45-23-22(17(13-47-52(43,44)53)49-27(23)35-10-7-15-24(35)32-28(30)33-25(15)41)50-51(42,31-8-4-2-3-5-19(37)38)46-12-16-20(39)21(40)26(48-16)34-9-6-14(29)11-18(34)36/h6-7,9-11,16-17,20-23,26-27,39-40H,2-5,8,12-13,29H2,1H3,(H,31,42)(H,37,38)(H2,43,44,53)(H3,30,32,33,41)/t16-,17-,20-,21-,22-,23-,26-,27-,51?/m1/s1. The molecule has 2 saturated heterocycles. The number of unbranched alkanes of at least 4 members (excludes halogenated alkanes) is 2. The number of aliphatic carboxylic acids is 1. The van der Waals surface area contributed by atoms with Gasteiger partial charge in [0.15, 0.2) is 18.1 Å². The Morgan fingerprint density at radius 3 is 2.40 bits per heavy atom. The first-order chi connectivity index (χ1) is 25.0. The fraction of sp³-hybridized carbons (Fsp3) is 0.571. The van der Waals surface area contributed by atoms with Crippen LogP contribution in [0.2, 0.25) is 0 Å². The van der Waals surface area contributed by atoms with Crippen LogP contribution in [0.25, 0.3) is 11.0 Å². The number of methoxy groups -OCH3 is 1. The number of rotatable bonds is 18. The number of nitrogens with zero attached hydrogens (tertiary/aromatic N) is 3. The highest BCUT2D eigenvalue weighted by Crippen LogP contribution is 2.51. The largest absolute Gasteiger partial charge is 0.481 e. The van der Waals surface area contributed by atoms with Crippen LogP contribution in [0.15, 0.2) is 40.2 Å². The minimum absolute atomic E-state index is 0.0187. The van der Waals surface area contributed by atoms with Gasteiger partial charge >= 0.3 is 20.4 Å². The molecule has 3 aromatic rings. The maximum Gasteiger partial charge on any atom is 0.406 e. The zero-order valence-electron chi connectivity index (χ0n) is 28.1. The lowest BCUT2D eigenvalue weighted by Crippen LogP contribution is -2.39. The summed E-state index contributed by atoms with van der Waals surface area (Å²) in [6.07, 6.45) is -7.21. The zero-order chi connectivity index (χ0) is 38.7. The Bertz CT molecular complexity index is 1970. The van der Waals surface area contributed by atoms with E-state index in [-0.39, 0.29) is 35.6 Å². The molecule has 25 heteroatoms. The van der Waals surface area contributed by atoms with Gasteiger partial charge in [-0.15, -0.1) is 0 Å². The number of aromatic nitrogens is 4. The third kappa shape index (κ3) is 9.96. The average molecular weight is 810 g/mol. The Hall–Kier alpha value is -3.12. The molecular formula is C28H41N7O15P2S. The van der Waals surface area contributed by atoms with Crippen molar-refractivity contribution in [2.45, 2.75) is 74.8 Å². The van der Waals surface area contributed by atoms with E-state index in [1.807, 2.05) is 0 Å². The zero-order valence-corrected chi connectivity index (χ0v) is 30.7. The van der Waals surface area contributed by atoms with E-state index in [2.05, 4.69) is 26.9 Å². The number of pyridine rings is 1. The van der Waals surface area contributed by atoms with Gasteiger partial charge < -0.3 is 59.9 Å². The molecule has 0 radical (unpaired) electrons. The summed E-state index contributed by atoms with van der Waals surface area (Å²) in [5.74, 6) is -1.17. The van der Waals surface area contributed by atoms with Gasteiger partial charge in [-0.1, -0.05) is 6.42 Å². The molecule has 0 bridgehead atoms. The molecule has 0 saturated carbocycles. The highest BCUT2D eigenvalue weighted by Gasteiger charge is 2.52. The van der Waals surface area contributed by atoms with E-state index >= 15 is 0 Å². The van der Waals surface area contributed by atoms with Gasteiger partial charge in [0, 0.05) is 44.2 Å². The van der Waals surface area contributed by atoms with E-state index in [1.165, 1.54) is 36.2 Å². The smallest absolute Gasteiger partial charge is 0.406 e. The second kappa shape index (κ2) is 17.1. The van der Waals surface area contributed by atoms with Crippen molar-refractivity contribution in [3.8, 4) is 0 Å². The Labute approximate surface area is 305 Å². The summed E-state index contributed by atoms with van der Waals surface area (Å²) in [7, 11) is -3.26. The number of carboxylic acid groups (broad SMARTS) is 1. The third-order valence-corrected chi connectivity index (χ3v) is 10.9. The molecule has 1 unspecified atom stereocenters. The van der Waals surface area contributed by atoms with Gasteiger partial charge in [-0.2, -0.15) is 4.98 Å². The predicted molar refractivity (Wildman–Crippen MR) is 188 cm³/mol. The molecule has 0 amide bonds. The number of anilines is 2. The number of nitrogens with one attached hydrogen (secondary N) is 2. The minimum Gasteiger partial charge on any atom is -0.481 e. The van der Waals surface area contributed by atoms with E-state index in [1.54, 1.807) is 0 Å². The van der Waals surface area contributed by atoms with Crippen molar-refractivity contribution < 1.29 is 62.2 Å². The number of aliphatic hydroxyl groups is 2. The van der Waals surface area contributed by atoms with Gasteiger partial charge in [0.2, 0.25) is 5.95 Å². The van der Waals surface area contributed by atoms with Crippen LogP contribution in [-0.2, 0) is 48.9 Å². The topological polar surface area (TPSA) is 327 Å². The lowest BCUT2D eigenvalue weighted by atomic mass is 10.1. The fourth-order valence-electron chi connectivity index (χ4n) is 5.93. The van der Waals surface area contributed by atoms with Gasteiger partial charge in [-0.3, -0.25) is 33.0 Å². The number of carbonyl (C=O) groups is 1. The molecule has 22 nitrogen and oxygen atoms in total. The Morgan fingerprint density at radius 2 is 1.72 bits per heavy atom. The maximum absolute atomic E-state index is 14.5. The van der Waals surface area contributed by atoms with Crippen molar-refractivity contribution in [3.05, 3.63) is 51.3 Å². The Balaban J connectivity index is 1.41. The normalized spacial score (nSPS) is 27.3. The molecule has 53 heavy (non-hydrogen) atoms. The SMILES string of the molecule is CO[C@@H]1[C@H](OP(=O)(NCCCCCC(=O)O)OC[C@H]2O[C@@H](n3ccc(N)cc3=O)[C@H](O)[C@@H]2O)[C@@H](COP(O)(O)=S)O[C@H]1n1ccc2c(=O)[nH]c(N)nc21. The molecular weight excluding hydrogens is 768 g/mol. The van der Waals surface area contributed by atoms with E-state index in [4.69, 9.17) is 44.4 Å². The monoisotopic (exact) mass is 809 g/mol. The van der Waals surface area contributed by atoms with Gasteiger partial charge in [0.05, 0.1) is 18.6 Å². The summed E-state index contributed by atoms with van der Waals surface area (Å²) in [6.45, 7) is -5.53. The molecule has 3 aromatic heterocycles. The molecule has 11 N–H and O–H groups in total. The van der Waals surface area contributed by atoms with Crippen molar-refractivity contribution in [1.29, 1.82) is 0 Å². The number of aliphatic hydroxyl groups excluding tert-OH is 2. The number of nitrogens with two attached hydrogens (primary N) is 2. The predicted octanol–water partition coefficient (Wildman–Crippen LogP) is -0.747. The number of carboxylic acids is 1. The summed E-state index contributed by atoms with van der Waals surface area (Å²) < 4.78 is 51.6. The molecule has 2 aliphatic rings. The summed E-state index contributed by atoms with van der Waals surface area (Å²) >= 11 is 4.61. The number of hydrogen-bond donors (Lipinski definition) is 9. The summed E-state index contributed by atoms with van der Waals surface area (Å²) in [6, 6.07) is 3.94. The number of aromatic amines is 1. The van der Waals surface area contributed by atoms with E-state index in [0.29, 0.717) is 19.3 Å². The Kier molecular flexibility index (Phi) is 13.3. The molecule has 294 valence electrons.